The lowest BCUT2D eigenvalue weighted by molar-refractivity contribution is -0.118. The third-order valence-corrected chi connectivity index (χ3v) is 7.81. The van der Waals surface area contributed by atoms with Crippen molar-refractivity contribution in [1.29, 1.82) is 0 Å². The quantitative estimate of drug-likeness (QED) is 0.120. The minimum absolute atomic E-state index is 0.136. The molecule has 1 heterocycles. The molecule has 0 spiro atoms. The van der Waals surface area contributed by atoms with Gasteiger partial charge in [0, 0.05) is 16.9 Å². The van der Waals surface area contributed by atoms with Crippen molar-refractivity contribution < 1.29 is 14.3 Å². The van der Waals surface area contributed by atoms with E-state index < -0.39 is 0 Å². The van der Waals surface area contributed by atoms with E-state index in [2.05, 4.69) is 56.8 Å². The molecule has 0 aliphatic carbocycles. The van der Waals surface area contributed by atoms with Crippen LogP contribution in [0.4, 0.5) is 5.69 Å². The van der Waals surface area contributed by atoms with Crippen molar-refractivity contribution in [1.82, 2.24) is 9.99 Å². The van der Waals surface area contributed by atoms with Crippen LogP contribution in [0.1, 0.15) is 27.0 Å². The van der Waals surface area contributed by atoms with Crippen LogP contribution in [0.5, 0.6) is 5.75 Å². The second kappa shape index (κ2) is 14.3. The second-order valence-corrected chi connectivity index (χ2v) is 11.1. The van der Waals surface area contributed by atoms with Gasteiger partial charge in [-0.15, -0.1) is 0 Å². The van der Waals surface area contributed by atoms with E-state index in [4.69, 9.17) is 4.74 Å². The molecule has 0 unspecified atom stereocenters. The molecule has 0 aliphatic rings. The summed E-state index contributed by atoms with van der Waals surface area (Å²) in [6.45, 7) is 3.89. The molecule has 0 saturated carbocycles. The van der Waals surface area contributed by atoms with Crippen LogP contribution in [0.25, 0.3) is 28.2 Å². The fourth-order valence-electron chi connectivity index (χ4n) is 5.22. The van der Waals surface area contributed by atoms with Gasteiger partial charge in [0.05, 0.1) is 17.6 Å². The van der Waals surface area contributed by atoms with Gasteiger partial charge in [-0.3, -0.25) is 9.59 Å². The van der Waals surface area contributed by atoms with Crippen molar-refractivity contribution >= 4 is 23.7 Å². The molecule has 1 aromatic heterocycles. The van der Waals surface area contributed by atoms with Crippen molar-refractivity contribution in [3.05, 3.63) is 162 Å². The summed E-state index contributed by atoms with van der Waals surface area (Å²) in [5.41, 5.74) is 12.0. The Labute approximate surface area is 274 Å². The van der Waals surface area contributed by atoms with Crippen LogP contribution in [0.15, 0.2) is 145 Å². The number of benzene rings is 5. The highest BCUT2D eigenvalue weighted by Gasteiger charge is 2.14. The monoisotopic (exact) mass is 618 g/mol. The van der Waals surface area contributed by atoms with E-state index in [1.807, 2.05) is 86.6 Å². The van der Waals surface area contributed by atoms with Crippen molar-refractivity contribution in [2.24, 2.45) is 5.10 Å². The molecule has 0 fully saturated rings. The molecule has 7 heteroatoms. The molecule has 2 N–H and O–H groups in total. The molecule has 5 aromatic carbocycles. The molecule has 47 heavy (non-hydrogen) atoms. The highest BCUT2D eigenvalue weighted by Crippen LogP contribution is 2.32. The van der Waals surface area contributed by atoms with Gasteiger partial charge in [0.25, 0.3) is 11.8 Å². The minimum Gasteiger partial charge on any atom is -0.484 e. The van der Waals surface area contributed by atoms with Crippen molar-refractivity contribution in [2.45, 2.75) is 13.8 Å². The Morgan fingerprint density at radius 1 is 0.702 bits per heavy atom. The van der Waals surface area contributed by atoms with Gasteiger partial charge in [0.2, 0.25) is 0 Å². The maximum absolute atomic E-state index is 12.9. The number of nitrogens with zero attached hydrogens (tertiary/aromatic N) is 2. The van der Waals surface area contributed by atoms with Gasteiger partial charge in [-0.2, -0.15) is 5.10 Å². The molecule has 7 nitrogen and oxygen atoms in total. The minimum atomic E-state index is -0.331. The maximum Gasteiger partial charge on any atom is 0.271 e. The molecular formula is C40H34N4O3. The smallest absolute Gasteiger partial charge is 0.271 e. The summed E-state index contributed by atoms with van der Waals surface area (Å²) in [5.74, 6) is -0.0712. The van der Waals surface area contributed by atoms with Crippen molar-refractivity contribution in [3.63, 3.8) is 0 Å². The number of ether oxygens (including phenoxy) is 1. The van der Waals surface area contributed by atoms with E-state index in [1.165, 1.54) is 6.21 Å². The van der Waals surface area contributed by atoms with Crippen LogP contribution >= 0.6 is 0 Å². The van der Waals surface area contributed by atoms with E-state index in [0.717, 1.165) is 45.0 Å². The first-order valence-corrected chi connectivity index (χ1v) is 15.3. The number of amides is 2. The predicted octanol–water partition coefficient (Wildman–Crippen LogP) is 8.21. The Morgan fingerprint density at radius 3 is 2.00 bits per heavy atom. The zero-order valence-electron chi connectivity index (χ0n) is 26.2. The molecule has 2 amide bonds. The number of carbonyl (C=O) groups excluding carboxylic acids is 2. The highest BCUT2D eigenvalue weighted by molar-refractivity contribution is 5.95. The van der Waals surface area contributed by atoms with Gasteiger partial charge in [-0.25, -0.2) is 5.43 Å². The van der Waals surface area contributed by atoms with Gasteiger partial charge >= 0.3 is 0 Å². The lowest BCUT2D eigenvalue weighted by Gasteiger charge is -2.15. The van der Waals surface area contributed by atoms with Gasteiger partial charge in [0.15, 0.2) is 6.61 Å². The normalized spacial score (nSPS) is 10.9. The van der Waals surface area contributed by atoms with Crippen LogP contribution in [-0.2, 0) is 4.79 Å². The summed E-state index contributed by atoms with van der Waals surface area (Å²) in [6, 6.07) is 45.1. The summed E-state index contributed by atoms with van der Waals surface area (Å²) >= 11 is 0. The first kappa shape index (κ1) is 30.8. The van der Waals surface area contributed by atoms with Crippen LogP contribution in [-0.4, -0.2) is 29.2 Å². The van der Waals surface area contributed by atoms with Gasteiger partial charge < -0.3 is 14.6 Å². The van der Waals surface area contributed by atoms with E-state index >= 15 is 0 Å². The fraction of sp³-hybridized carbons (Fsp3) is 0.0750. The third-order valence-electron chi connectivity index (χ3n) is 7.81. The van der Waals surface area contributed by atoms with Gasteiger partial charge in [-0.1, -0.05) is 78.9 Å². The zero-order chi connectivity index (χ0) is 32.6. The molecule has 6 aromatic rings. The molecule has 0 saturated heterocycles. The topological polar surface area (TPSA) is 84.7 Å². The van der Waals surface area contributed by atoms with E-state index in [9.17, 15) is 9.59 Å². The number of rotatable bonds is 10. The molecule has 6 rings (SSSR count). The Hall–Kier alpha value is -6.21. The number of carbonyl (C=O) groups is 2. The number of anilines is 1. The molecule has 232 valence electrons. The van der Waals surface area contributed by atoms with Crippen LogP contribution in [0, 0.1) is 13.8 Å². The van der Waals surface area contributed by atoms with Crippen LogP contribution < -0.4 is 15.5 Å². The van der Waals surface area contributed by atoms with Crippen LogP contribution in [0.3, 0.4) is 0 Å². The molecular weight excluding hydrogens is 584 g/mol. The summed E-state index contributed by atoms with van der Waals surface area (Å²) in [6.07, 6.45) is 1.53. The third kappa shape index (κ3) is 7.54. The summed E-state index contributed by atoms with van der Waals surface area (Å²) < 4.78 is 7.88. The standard InChI is InChI=1S/C40H34N4O3/c1-28-16-19-34(24-29(28)2)42-39(45)27-47-36-15-9-10-30(25-36)26-41-43-40(46)33-17-20-35(21-18-33)44-37(31-11-5-3-6-12-31)22-23-38(44)32-13-7-4-8-14-32/h3-26H,27H2,1-2H3,(H,42,45)(H,43,46)/b41-26-. The summed E-state index contributed by atoms with van der Waals surface area (Å²) in [5, 5.41) is 6.99. The SMILES string of the molecule is Cc1ccc(NC(=O)COc2cccc(/C=N\NC(=O)c3ccc(-n4c(-c5ccccc5)ccc4-c4ccccc4)cc3)c2)cc1C. The first-order valence-electron chi connectivity index (χ1n) is 15.3. The van der Waals surface area contributed by atoms with Crippen molar-refractivity contribution in [2.75, 3.05) is 11.9 Å². The number of hydrogen-bond acceptors (Lipinski definition) is 4. The number of hydrogen-bond donors (Lipinski definition) is 2. The van der Waals surface area contributed by atoms with Crippen LogP contribution in [0.2, 0.25) is 0 Å². The van der Waals surface area contributed by atoms with E-state index in [0.29, 0.717) is 16.9 Å². The van der Waals surface area contributed by atoms with Crippen molar-refractivity contribution in [3.8, 4) is 34.0 Å². The largest absolute Gasteiger partial charge is 0.484 e. The average Bonchev–Trinajstić information content (AvgIpc) is 3.55. The zero-order valence-corrected chi connectivity index (χ0v) is 26.2. The summed E-state index contributed by atoms with van der Waals surface area (Å²) in [4.78, 5) is 25.3. The average molecular weight is 619 g/mol. The molecule has 0 radical (unpaired) electrons. The highest BCUT2D eigenvalue weighted by atomic mass is 16.5. The lowest BCUT2D eigenvalue weighted by atomic mass is 10.1. The first-order chi connectivity index (χ1) is 22.9. The van der Waals surface area contributed by atoms with E-state index in [-0.39, 0.29) is 18.4 Å². The Bertz CT molecular complexity index is 1980. The summed E-state index contributed by atoms with van der Waals surface area (Å²) in [7, 11) is 0. The number of aromatic nitrogens is 1. The Balaban J connectivity index is 1.10. The van der Waals surface area contributed by atoms with E-state index in [1.54, 1.807) is 30.3 Å². The van der Waals surface area contributed by atoms with Gasteiger partial charge in [-0.05, 0) is 102 Å². The second-order valence-electron chi connectivity index (χ2n) is 11.1. The van der Waals surface area contributed by atoms with Gasteiger partial charge in [0.1, 0.15) is 5.75 Å². The maximum atomic E-state index is 12.9. The molecule has 0 bridgehead atoms. The predicted molar refractivity (Wildman–Crippen MR) is 188 cm³/mol. The number of hydrazone groups is 1. The lowest BCUT2D eigenvalue weighted by Crippen LogP contribution is -2.20. The molecule has 0 aliphatic heterocycles. The fourth-order valence-corrected chi connectivity index (χ4v) is 5.22. The Kier molecular flexibility index (Phi) is 9.35. The number of nitrogens with one attached hydrogen (secondary N) is 2. The molecule has 0 atom stereocenters. The Morgan fingerprint density at radius 2 is 1.36 bits per heavy atom. The number of aryl methyl sites for hydroxylation is 2.